The fraction of sp³-hybridized carbons (Fsp3) is 0.457. The summed E-state index contributed by atoms with van der Waals surface area (Å²) >= 11 is 0. The number of rotatable bonds is 18. The number of anilines is 1. The second kappa shape index (κ2) is 16.4. The Bertz CT molecular complexity index is 1580. The van der Waals surface area contributed by atoms with Crippen molar-refractivity contribution in [1.82, 2.24) is 4.72 Å². The highest BCUT2D eigenvalue weighted by Gasteiger charge is 2.48. The lowest BCUT2D eigenvalue weighted by Gasteiger charge is -2.48. The largest absolute Gasteiger partial charge is 0.393 e. The maximum absolute atomic E-state index is 13.6. The molecular formula is C35H45FN2O9S. The standard InChI is InChI=1S/C35H45FN2O9S/c1-48(46,47)37-20-2-3-23-4-14-28(15-5-23)38-32(29(34(38)44)16-17-30(41)24-10-12-27(36)13-11-24)25-6-8-26(9-7-25)33(43)31(42)18-19-35(45,21-39)22-40/h4-15,29-33,37,39-43,45H,2-3,16-22H2,1H3/t29?,30-,31?,32+,33?/m0/s1. The van der Waals surface area contributed by atoms with Crippen LogP contribution in [0.25, 0.3) is 0 Å². The Kier molecular flexibility index (Phi) is 12.8. The molecule has 262 valence electrons. The highest BCUT2D eigenvalue weighted by molar-refractivity contribution is 7.88. The molecule has 1 heterocycles. The van der Waals surface area contributed by atoms with Crippen LogP contribution in [-0.4, -0.2) is 82.7 Å². The van der Waals surface area contributed by atoms with Crippen molar-refractivity contribution in [2.24, 2.45) is 5.92 Å². The molecule has 1 amide bonds. The van der Waals surface area contributed by atoms with E-state index in [-0.39, 0.29) is 25.2 Å². The summed E-state index contributed by atoms with van der Waals surface area (Å²) in [5.41, 5.74) is 1.60. The Labute approximate surface area is 280 Å². The fourth-order valence-electron chi connectivity index (χ4n) is 5.96. The number of hydrogen-bond donors (Lipinski definition) is 7. The van der Waals surface area contributed by atoms with Crippen molar-refractivity contribution in [2.75, 3.05) is 30.9 Å². The van der Waals surface area contributed by atoms with Gasteiger partial charge in [-0.2, -0.15) is 0 Å². The molecule has 1 saturated heterocycles. The third-order valence-corrected chi connectivity index (χ3v) is 9.65. The zero-order valence-electron chi connectivity index (χ0n) is 26.8. The minimum atomic E-state index is -3.26. The van der Waals surface area contributed by atoms with Gasteiger partial charge in [-0.15, -0.1) is 0 Å². The van der Waals surface area contributed by atoms with Crippen molar-refractivity contribution in [3.8, 4) is 0 Å². The molecule has 1 fully saturated rings. The van der Waals surface area contributed by atoms with Gasteiger partial charge in [-0.1, -0.05) is 48.5 Å². The molecule has 0 aromatic heterocycles. The minimum Gasteiger partial charge on any atom is -0.393 e. The molecular weight excluding hydrogens is 643 g/mol. The average molecular weight is 689 g/mol. The van der Waals surface area contributed by atoms with Crippen LogP contribution in [0.3, 0.4) is 0 Å². The molecule has 1 aliphatic heterocycles. The lowest BCUT2D eigenvalue weighted by molar-refractivity contribution is -0.131. The van der Waals surface area contributed by atoms with Crippen LogP contribution in [-0.2, 0) is 21.2 Å². The van der Waals surface area contributed by atoms with Crippen LogP contribution in [0.4, 0.5) is 10.1 Å². The molecule has 5 atom stereocenters. The molecule has 1 aliphatic rings. The predicted octanol–water partition coefficient (Wildman–Crippen LogP) is 2.42. The van der Waals surface area contributed by atoms with Crippen molar-refractivity contribution in [3.63, 3.8) is 0 Å². The van der Waals surface area contributed by atoms with Gasteiger partial charge in [0, 0.05) is 12.2 Å². The Morgan fingerprint density at radius 2 is 1.50 bits per heavy atom. The van der Waals surface area contributed by atoms with Crippen LogP contribution >= 0.6 is 0 Å². The maximum Gasteiger partial charge on any atom is 0.233 e. The van der Waals surface area contributed by atoms with E-state index in [0.717, 1.165) is 17.4 Å². The number of carbonyl (C=O) groups is 1. The Morgan fingerprint density at radius 3 is 2.08 bits per heavy atom. The summed E-state index contributed by atoms with van der Waals surface area (Å²) in [6, 6.07) is 19.4. The monoisotopic (exact) mass is 688 g/mol. The lowest BCUT2D eigenvalue weighted by Crippen LogP contribution is -2.55. The molecule has 13 heteroatoms. The van der Waals surface area contributed by atoms with E-state index in [0.29, 0.717) is 42.6 Å². The Hall–Kier alpha value is -3.27. The molecule has 11 nitrogen and oxygen atoms in total. The van der Waals surface area contributed by atoms with Gasteiger partial charge in [0.15, 0.2) is 0 Å². The third kappa shape index (κ3) is 9.67. The van der Waals surface area contributed by atoms with E-state index >= 15 is 0 Å². The van der Waals surface area contributed by atoms with E-state index < -0.39 is 64.9 Å². The van der Waals surface area contributed by atoms with Crippen LogP contribution in [0.5, 0.6) is 0 Å². The van der Waals surface area contributed by atoms with E-state index in [1.54, 1.807) is 29.2 Å². The SMILES string of the molecule is CS(=O)(=O)NCCCc1ccc(N2C(=O)C(CC[C@H](O)c3ccc(F)cc3)[C@H]2c2ccc(C(O)C(O)CCC(O)(CO)CO)cc2)cc1. The summed E-state index contributed by atoms with van der Waals surface area (Å²) < 4.78 is 38.5. The van der Waals surface area contributed by atoms with Crippen molar-refractivity contribution < 1.29 is 48.2 Å². The number of carbonyl (C=O) groups excluding carboxylic acids is 1. The van der Waals surface area contributed by atoms with Crippen molar-refractivity contribution in [3.05, 3.63) is 101 Å². The first kappa shape index (κ1) is 37.5. The topological polar surface area (TPSA) is 188 Å². The summed E-state index contributed by atoms with van der Waals surface area (Å²) in [7, 11) is -3.26. The molecule has 7 N–H and O–H groups in total. The maximum atomic E-state index is 13.6. The number of nitrogens with one attached hydrogen (secondary N) is 1. The predicted molar refractivity (Wildman–Crippen MR) is 178 cm³/mol. The summed E-state index contributed by atoms with van der Waals surface area (Å²) in [5.74, 6) is -1.01. The smallest absolute Gasteiger partial charge is 0.233 e. The summed E-state index contributed by atoms with van der Waals surface area (Å²) in [5, 5.41) is 60.7. The number of sulfonamides is 1. The Balaban J connectivity index is 1.50. The van der Waals surface area contributed by atoms with Gasteiger partial charge in [-0.3, -0.25) is 4.79 Å². The van der Waals surface area contributed by atoms with Crippen LogP contribution in [0.15, 0.2) is 72.8 Å². The summed E-state index contributed by atoms with van der Waals surface area (Å²) in [4.78, 5) is 15.3. The second-order valence-electron chi connectivity index (χ2n) is 12.6. The molecule has 0 aliphatic carbocycles. The summed E-state index contributed by atoms with van der Waals surface area (Å²) in [6.45, 7) is -1.06. The van der Waals surface area contributed by atoms with E-state index in [2.05, 4.69) is 4.72 Å². The first-order valence-electron chi connectivity index (χ1n) is 16.0. The number of aryl methyl sites for hydroxylation is 1. The van der Waals surface area contributed by atoms with Gasteiger partial charge in [0.05, 0.1) is 43.6 Å². The zero-order chi connectivity index (χ0) is 35.1. The van der Waals surface area contributed by atoms with Gasteiger partial charge in [0.25, 0.3) is 0 Å². The van der Waals surface area contributed by atoms with E-state index in [1.807, 2.05) is 24.3 Å². The number of hydrogen-bond acceptors (Lipinski definition) is 9. The number of benzene rings is 3. The van der Waals surface area contributed by atoms with Crippen LogP contribution in [0.1, 0.15) is 72.6 Å². The molecule has 0 saturated carbocycles. The average Bonchev–Trinajstić information content (AvgIpc) is 3.08. The van der Waals surface area contributed by atoms with Crippen LogP contribution < -0.4 is 9.62 Å². The van der Waals surface area contributed by atoms with Crippen LogP contribution in [0.2, 0.25) is 0 Å². The second-order valence-corrected chi connectivity index (χ2v) is 14.4. The quantitative estimate of drug-likeness (QED) is 0.0778. The van der Waals surface area contributed by atoms with E-state index in [1.165, 1.54) is 24.3 Å². The number of amides is 1. The van der Waals surface area contributed by atoms with Crippen molar-refractivity contribution in [2.45, 2.75) is 68.5 Å². The normalized spacial score (nSPS) is 18.8. The van der Waals surface area contributed by atoms with Crippen molar-refractivity contribution in [1.29, 1.82) is 0 Å². The van der Waals surface area contributed by atoms with E-state index in [9.17, 15) is 48.2 Å². The molecule has 3 aromatic rings. The molecule has 48 heavy (non-hydrogen) atoms. The number of β-lactam (4-membered cyclic amide) rings is 1. The number of aliphatic hydroxyl groups excluding tert-OH is 5. The van der Waals surface area contributed by atoms with Crippen molar-refractivity contribution >= 4 is 21.6 Å². The minimum absolute atomic E-state index is 0.0753. The number of nitrogens with zero attached hydrogens (tertiary/aromatic N) is 1. The van der Waals surface area contributed by atoms with Gasteiger partial charge in [-0.25, -0.2) is 17.5 Å². The van der Waals surface area contributed by atoms with E-state index in [4.69, 9.17) is 0 Å². The van der Waals surface area contributed by atoms with Gasteiger partial charge in [0.2, 0.25) is 15.9 Å². The molecule has 0 spiro atoms. The first-order valence-corrected chi connectivity index (χ1v) is 17.8. The fourth-order valence-corrected chi connectivity index (χ4v) is 6.47. The molecule has 3 aromatic carbocycles. The van der Waals surface area contributed by atoms with Gasteiger partial charge >= 0.3 is 0 Å². The molecule has 4 rings (SSSR count). The highest BCUT2D eigenvalue weighted by atomic mass is 32.2. The lowest BCUT2D eigenvalue weighted by atomic mass is 9.78. The van der Waals surface area contributed by atoms with Crippen LogP contribution in [0, 0.1) is 11.7 Å². The zero-order valence-corrected chi connectivity index (χ0v) is 27.6. The number of halogens is 1. The Morgan fingerprint density at radius 1 is 0.896 bits per heavy atom. The van der Waals surface area contributed by atoms with Gasteiger partial charge in [-0.05, 0) is 85.0 Å². The molecule has 3 unspecified atom stereocenters. The third-order valence-electron chi connectivity index (χ3n) is 8.92. The highest BCUT2D eigenvalue weighted by Crippen LogP contribution is 2.46. The summed E-state index contributed by atoms with van der Waals surface area (Å²) in [6.07, 6.45) is -0.700. The number of aliphatic hydroxyl groups is 6. The first-order chi connectivity index (χ1) is 22.7. The van der Waals surface area contributed by atoms with Gasteiger partial charge < -0.3 is 35.5 Å². The molecule has 0 bridgehead atoms. The molecule has 0 radical (unpaired) electrons. The van der Waals surface area contributed by atoms with Gasteiger partial charge in [0.1, 0.15) is 17.5 Å².